The summed E-state index contributed by atoms with van der Waals surface area (Å²) in [6.07, 6.45) is 1.45. The third-order valence-corrected chi connectivity index (χ3v) is 4.13. The smallest absolute Gasteiger partial charge is 0.240 e. The van der Waals surface area contributed by atoms with Crippen molar-refractivity contribution in [3.05, 3.63) is 52.0 Å². The fourth-order valence-corrected chi connectivity index (χ4v) is 2.71. The number of halogens is 2. The molecular formula is C18H15Cl2N3O4. The Balaban J connectivity index is 1.43. The molecule has 2 amide bonds. The average Bonchev–Trinajstić information content (AvgIpc) is 3.10. The van der Waals surface area contributed by atoms with Crippen LogP contribution in [0.4, 0.5) is 5.69 Å². The van der Waals surface area contributed by atoms with Gasteiger partial charge in [0.1, 0.15) is 0 Å². The van der Waals surface area contributed by atoms with Crippen molar-refractivity contribution >= 4 is 46.9 Å². The lowest BCUT2D eigenvalue weighted by atomic mass is 10.2. The van der Waals surface area contributed by atoms with Crippen LogP contribution < -0.4 is 20.2 Å². The second-order valence-corrected chi connectivity index (χ2v) is 6.42. The number of anilines is 1. The number of nitrogens with one attached hydrogen (secondary N) is 2. The lowest BCUT2D eigenvalue weighted by molar-refractivity contribution is -0.124. The van der Waals surface area contributed by atoms with E-state index in [0.29, 0.717) is 27.2 Å². The van der Waals surface area contributed by atoms with Gasteiger partial charge in [-0.2, -0.15) is 5.10 Å². The van der Waals surface area contributed by atoms with Gasteiger partial charge in [-0.15, -0.1) is 0 Å². The van der Waals surface area contributed by atoms with E-state index in [1.807, 2.05) is 0 Å². The van der Waals surface area contributed by atoms with Gasteiger partial charge in [0.2, 0.25) is 18.6 Å². The summed E-state index contributed by atoms with van der Waals surface area (Å²) in [5.41, 5.74) is 3.55. The number of nitrogens with zero attached hydrogens (tertiary/aromatic N) is 1. The largest absolute Gasteiger partial charge is 0.454 e. The second kappa shape index (κ2) is 8.75. The summed E-state index contributed by atoms with van der Waals surface area (Å²) in [6.45, 7) is 0.190. The van der Waals surface area contributed by atoms with Gasteiger partial charge < -0.3 is 14.8 Å². The van der Waals surface area contributed by atoms with Gasteiger partial charge in [-0.05, 0) is 42.0 Å². The maximum absolute atomic E-state index is 11.9. The normalized spacial score (nSPS) is 12.2. The molecule has 0 saturated heterocycles. The van der Waals surface area contributed by atoms with Crippen molar-refractivity contribution in [2.75, 3.05) is 12.1 Å². The van der Waals surface area contributed by atoms with Gasteiger partial charge in [-0.1, -0.05) is 23.2 Å². The van der Waals surface area contributed by atoms with Gasteiger partial charge in [0.15, 0.2) is 11.5 Å². The third-order valence-electron chi connectivity index (χ3n) is 3.58. The summed E-state index contributed by atoms with van der Waals surface area (Å²) in [7, 11) is 0. The molecular weight excluding hydrogens is 393 g/mol. The van der Waals surface area contributed by atoms with Crippen LogP contribution in [0.1, 0.15) is 18.4 Å². The number of amides is 2. The van der Waals surface area contributed by atoms with Crippen molar-refractivity contribution in [1.29, 1.82) is 0 Å². The molecule has 0 radical (unpaired) electrons. The second-order valence-electron chi connectivity index (χ2n) is 5.58. The van der Waals surface area contributed by atoms with E-state index in [1.54, 1.807) is 30.3 Å². The molecule has 1 aliphatic heterocycles. The highest BCUT2D eigenvalue weighted by Crippen LogP contribution is 2.32. The molecule has 0 bridgehead atoms. The van der Waals surface area contributed by atoms with E-state index >= 15 is 0 Å². The van der Waals surface area contributed by atoms with Crippen LogP contribution in [-0.4, -0.2) is 24.8 Å². The Morgan fingerprint density at radius 1 is 1.04 bits per heavy atom. The molecule has 1 aliphatic rings. The number of carbonyl (C=O) groups excluding carboxylic acids is 2. The Hall–Kier alpha value is -2.77. The van der Waals surface area contributed by atoms with Crippen LogP contribution >= 0.6 is 23.2 Å². The molecule has 2 aromatic carbocycles. The van der Waals surface area contributed by atoms with E-state index in [9.17, 15) is 9.59 Å². The molecule has 0 aromatic heterocycles. The van der Waals surface area contributed by atoms with Crippen LogP contribution in [0.15, 0.2) is 41.5 Å². The molecule has 0 atom stereocenters. The third kappa shape index (κ3) is 5.35. The van der Waals surface area contributed by atoms with Gasteiger partial charge in [-0.3, -0.25) is 9.59 Å². The Morgan fingerprint density at radius 2 is 1.81 bits per heavy atom. The Morgan fingerprint density at radius 3 is 2.63 bits per heavy atom. The molecule has 0 unspecified atom stereocenters. The molecule has 0 aliphatic carbocycles. The fourth-order valence-electron chi connectivity index (χ4n) is 2.26. The van der Waals surface area contributed by atoms with Crippen LogP contribution in [0.2, 0.25) is 10.0 Å². The number of benzene rings is 2. The minimum absolute atomic E-state index is 0.00959. The number of hydrazone groups is 1. The first-order valence-corrected chi connectivity index (χ1v) is 8.73. The summed E-state index contributed by atoms with van der Waals surface area (Å²) in [6, 6.07) is 10.0. The minimum Gasteiger partial charge on any atom is -0.454 e. The Labute approximate surface area is 165 Å². The monoisotopic (exact) mass is 407 g/mol. The van der Waals surface area contributed by atoms with E-state index in [-0.39, 0.29) is 31.4 Å². The first-order chi connectivity index (χ1) is 13.0. The van der Waals surface area contributed by atoms with Crippen molar-refractivity contribution < 1.29 is 19.1 Å². The van der Waals surface area contributed by atoms with E-state index < -0.39 is 0 Å². The zero-order valence-electron chi connectivity index (χ0n) is 14.0. The molecule has 7 nitrogen and oxygen atoms in total. The summed E-state index contributed by atoms with van der Waals surface area (Å²) in [5.74, 6) is 0.573. The fraction of sp³-hybridized carbons (Fsp3) is 0.167. The van der Waals surface area contributed by atoms with Gasteiger partial charge >= 0.3 is 0 Å². The van der Waals surface area contributed by atoms with Crippen molar-refractivity contribution in [2.24, 2.45) is 5.10 Å². The highest BCUT2D eigenvalue weighted by atomic mass is 35.5. The van der Waals surface area contributed by atoms with Crippen LogP contribution in [0, 0.1) is 0 Å². The number of fused-ring (bicyclic) bond motifs is 1. The van der Waals surface area contributed by atoms with E-state index in [1.165, 1.54) is 12.3 Å². The molecule has 9 heteroatoms. The molecule has 1 heterocycles. The van der Waals surface area contributed by atoms with Gasteiger partial charge in [0.05, 0.1) is 16.9 Å². The lowest BCUT2D eigenvalue weighted by Gasteiger charge is -2.07. The number of hydrogen-bond donors (Lipinski definition) is 2. The molecule has 3 rings (SSSR count). The maximum Gasteiger partial charge on any atom is 0.240 e. The maximum atomic E-state index is 11.9. The molecule has 0 fully saturated rings. The van der Waals surface area contributed by atoms with E-state index in [4.69, 9.17) is 32.7 Å². The molecule has 0 saturated carbocycles. The number of ether oxygens (including phenoxy) is 2. The predicted octanol–water partition coefficient (Wildman–Crippen LogP) is 3.59. The summed E-state index contributed by atoms with van der Waals surface area (Å²) in [4.78, 5) is 23.7. The standard InChI is InChI=1S/C18H15Cl2N3O4/c19-12-2-3-14(13(20)8-12)22-17(24)5-6-18(25)23-21-9-11-1-4-15-16(7-11)27-10-26-15/h1-4,7-9H,5-6,10H2,(H,22,24)(H,23,25). The number of rotatable bonds is 6. The Bertz CT molecular complexity index is 902. The molecule has 0 spiro atoms. The SMILES string of the molecule is O=C(CCC(=O)Nc1ccc(Cl)cc1Cl)NN=Cc1ccc2c(c1)OCO2. The van der Waals surface area contributed by atoms with Crippen LogP contribution in [-0.2, 0) is 9.59 Å². The van der Waals surface area contributed by atoms with E-state index in [0.717, 1.165) is 5.56 Å². The topological polar surface area (TPSA) is 89.0 Å². The lowest BCUT2D eigenvalue weighted by Crippen LogP contribution is -2.20. The molecule has 2 N–H and O–H groups in total. The number of hydrogen-bond acceptors (Lipinski definition) is 5. The van der Waals surface area contributed by atoms with E-state index in [2.05, 4.69) is 15.8 Å². The van der Waals surface area contributed by atoms with Crippen LogP contribution in [0.25, 0.3) is 0 Å². The average molecular weight is 408 g/mol. The van der Waals surface area contributed by atoms with Crippen LogP contribution in [0.3, 0.4) is 0 Å². The summed E-state index contributed by atoms with van der Waals surface area (Å²) in [5, 5.41) is 7.29. The summed E-state index contributed by atoms with van der Waals surface area (Å²) < 4.78 is 10.5. The minimum atomic E-state index is -0.385. The highest BCUT2D eigenvalue weighted by molar-refractivity contribution is 6.36. The zero-order chi connectivity index (χ0) is 19.2. The van der Waals surface area contributed by atoms with Gasteiger partial charge in [0.25, 0.3) is 0 Å². The van der Waals surface area contributed by atoms with Gasteiger partial charge in [-0.25, -0.2) is 5.43 Å². The highest BCUT2D eigenvalue weighted by Gasteiger charge is 2.12. The van der Waals surface area contributed by atoms with Crippen molar-refractivity contribution in [1.82, 2.24) is 5.43 Å². The molecule has 27 heavy (non-hydrogen) atoms. The molecule has 140 valence electrons. The zero-order valence-corrected chi connectivity index (χ0v) is 15.5. The summed E-state index contributed by atoms with van der Waals surface area (Å²) >= 11 is 11.8. The van der Waals surface area contributed by atoms with Crippen molar-refractivity contribution in [3.8, 4) is 11.5 Å². The number of carbonyl (C=O) groups is 2. The van der Waals surface area contributed by atoms with Gasteiger partial charge in [0, 0.05) is 17.9 Å². The first kappa shape index (κ1) is 19.0. The predicted molar refractivity (Wildman–Crippen MR) is 103 cm³/mol. The first-order valence-electron chi connectivity index (χ1n) is 7.98. The van der Waals surface area contributed by atoms with Crippen molar-refractivity contribution in [3.63, 3.8) is 0 Å². The quantitative estimate of drug-likeness (QED) is 0.565. The Kier molecular flexibility index (Phi) is 6.16. The van der Waals surface area contributed by atoms with Crippen molar-refractivity contribution in [2.45, 2.75) is 12.8 Å². The van der Waals surface area contributed by atoms with Crippen LogP contribution in [0.5, 0.6) is 11.5 Å². The molecule has 2 aromatic rings.